The summed E-state index contributed by atoms with van der Waals surface area (Å²) in [7, 11) is 0. The van der Waals surface area contributed by atoms with E-state index in [-0.39, 0.29) is 0 Å². The van der Waals surface area contributed by atoms with E-state index in [1.165, 1.54) is 71.1 Å². The Morgan fingerprint density at radius 3 is 2.61 bits per heavy atom. The van der Waals surface area contributed by atoms with E-state index in [9.17, 15) is 0 Å². The van der Waals surface area contributed by atoms with E-state index in [0.29, 0.717) is 0 Å². The summed E-state index contributed by atoms with van der Waals surface area (Å²) in [6.07, 6.45) is 9.95. The van der Waals surface area contributed by atoms with Crippen LogP contribution in [0, 0.1) is 11.8 Å². The molecule has 0 radical (unpaired) electrons. The molecule has 0 aromatic heterocycles. The molecule has 0 spiro atoms. The zero-order valence-corrected chi connectivity index (χ0v) is 12.5. The summed E-state index contributed by atoms with van der Waals surface area (Å²) in [5, 5.41) is 3.85. The van der Waals surface area contributed by atoms with Gasteiger partial charge in [0.2, 0.25) is 0 Å². The van der Waals surface area contributed by atoms with Gasteiger partial charge >= 0.3 is 0 Å². The van der Waals surface area contributed by atoms with Crippen LogP contribution in [0.5, 0.6) is 0 Å². The quantitative estimate of drug-likeness (QED) is 0.780. The summed E-state index contributed by atoms with van der Waals surface area (Å²) in [4.78, 5) is 2.67. The van der Waals surface area contributed by atoms with Gasteiger partial charge in [0, 0.05) is 12.6 Å². The molecular formula is C16H32N2. The van der Waals surface area contributed by atoms with Gasteiger partial charge in [-0.2, -0.15) is 0 Å². The lowest BCUT2D eigenvalue weighted by Gasteiger charge is -2.30. The van der Waals surface area contributed by atoms with Crippen LogP contribution in [0.3, 0.4) is 0 Å². The van der Waals surface area contributed by atoms with Gasteiger partial charge in [-0.15, -0.1) is 0 Å². The SMILES string of the molecule is CCC1CCCC1NCC(C)CN1CCCCC1. The van der Waals surface area contributed by atoms with Crippen molar-refractivity contribution in [1.29, 1.82) is 0 Å². The van der Waals surface area contributed by atoms with Crippen LogP contribution in [0.1, 0.15) is 58.8 Å². The van der Waals surface area contributed by atoms with Crippen LogP contribution in [0.2, 0.25) is 0 Å². The third-order valence-corrected chi connectivity index (χ3v) is 4.93. The third kappa shape index (κ3) is 4.24. The molecule has 2 aliphatic rings. The highest BCUT2D eigenvalue weighted by Crippen LogP contribution is 2.28. The number of rotatable bonds is 6. The van der Waals surface area contributed by atoms with E-state index in [1.807, 2.05) is 0 Å². The van der Waals surface area contributed by atoms with Crippen LogP contribution >= 0.6 is 0 Å². The molecule has 0 aromatic rings. The molecule has 1 heterocycles. The first-order chi connectivity index (χ1) is 8.79. The average Bonchev–Trinajstić information content (AvgIpc) is 2.85. The molecule has 1 aliphatic carbocycles. The van der Waals surface area contributed by atoms with Crippen LogP contribution in [-0.2, 0) is 0 Å². The Morgan fingerprint density at radius 2 is 1.89 bits per heavy atom. The van der Waals surface area contributed by atoms with E-state index in [2.05, 4.69) is 24.1 Å². The van der Waals surface area contributed by atoms with Crippen molar-refractivity contribution >= 4 is 0 Å². The van der Waals surface area contributed by atoms with Crippen LogP contribution in [0.4, 0.5) is 0 Å². The lowest BCUT2D eigenvalue weighted by Crippen LogP contribution is -2.40. The monoisotopic (exact) mass is 252 g/mol. The Labute approximate surface area is 114 Å². The molecule has 1 aliphatic heterocycles. The smallest absolute Gasteiger partial charge is 0.00953 e. The van der Waals surface area contributed by atoms with Gasteiger partial charge in [-0.3, -0.25) is 0 Å². The number of likely N-dealkylation sites (tertiary alicyclic amines) is 1. The van der Waals surface area contributed by atoms with Crippen LogP contribution < -0.4 is 5.32 Å². The fraction of sp³-hybridized carbons (Fsp3) is 1.00. The second kappa shape index (κ2) is 7.49. The van der Waals surface area contributed by atoms with Gasteiger partial charge in [-0.05, 0) is 57.2 Å². The standard InChI is InChI=1S/C16H32N2/c1-3-15-8-7-9-16(15)17-12-14(2)13-18-10-5-4-6-11-18/h14-17H,3-13H2,1-2H3. The molecule has 1 saturated heterocycles. The highest BCUT2D eigenvalue weighted by molar-refractivity contribution is 4.83. The lowest BCUT2D eigenvalue weighted by molar-refractivity contribution is 0.195. The number of nitrogens with zero attached hydrogens (tertiary/aromatic N) is 1. The lowest BCUT2D eigenvalue weighted by atomic mass is 10.00. The molecule has 0 bridgehead atoms. The first-order valence-corrected chi connectivity index (χ1v) is 8.25. The van der Waals surface area contributed by atoms with Crippen LogP contribution in [0.25, 0.3) is 0 Å². The Kier molecular flexibility index (Phi) is 5.97. The fourth-order valence-electron chi connectivity index (χ4n) is 3.79. The molecular weight excluding hydrogens is 220 g/mol. The highest BCUT2D eigenvalue weighted by atomic mass is 15.1. The van der Waals surface area contributed by atoms with Crippen molar-refractivity contribution in [1.82, 2.24) is 10.2 Å². The van der Waals surface area contributed by atoms with Crippen molar-refractivity contribution in [3.05, 3.63) is 0 Å². The average molecular weight is 252 g/mol. The molecule has 1 N–H and O–H groups in total. The van der Waals surface area contributed by atoms with Crippen LogP contribution in [0.15, 0.2) is 0 Å². The van der Waals surface area contributed by atoms with Gasteiger partial charge in [0.25, 0.3) is 0 Å². The Bertz CT molecular complexity index is 223. The maximum Gasteiger partial charge on any atom is 0.00953 e. The van der Waals surface area contributed by atoms with Crippen molar-refractivity contribution in [3.63, 3.8) is 0 Å². The van der Waals surface area contributed by atoms with Crippen LogP contribution in [-0.4, -0.2) is 37.1 Å². The van der Waals surface area contributed by atoms with Crippen molar-refractivity contribution in [2.75, 3.05) is 26.2 Å². The minimum absolute atomic E-state index is 0.807. The maximum atomic E-state index is 3.85. The minimum Gasteiger partial charge on any atom is -0.313 e. The van der Waals surface area contributed by atoms with Crippen molar-refractivity contribution in [3.8, 4) is 0 Å². The van der Waals surface area contributed by atoms with Gasteiger partial charge in [0.1, 0.15) is 0 Å². The summed E-state index contributed by atoms with van der Waals surface area (Å²) in [5.41, 5.74) is 0. The summed E-state index contributed by atoms with van der Waals surface area (Å²) in [6.45, 7) is 9.96. The normalized spacial score (nSPS) is 31.7. The second-order valence-electron chi connectivity index (χ2n) is 6.58. The van der Waals surface area contributed by atoms with Crippen molar-refractivity contribution in [2.45, 2.75) is 64.8 Å². The Morgan fingerprint density at radius 1 is 1.11 bits per heavy atom. The van der Waals surface area contributed by atoms with Crippen molar-refractivity contribution < 1.29 is 0 Å². The first-order valence-electron chi connectivity index (χ1n) is 8.25. The fourth-order valence-corrected chi connectivity index (χ4v) is 3.79. The van der Waals surface area contributed by atoms with E-state index in [4.69, 9.17) is 0 Å². The topological polar surface area (TPSA) is 15.3 Å². The van der Waals surface area contributed by atoms with Gasteiger partial charge in [-0.25, -0.2) is 0 Å². The summed E-state index contributed by atoms with van der Waals surface area (Å²) in [6, 6.07) is 0.818. The van der Waals surface area contributed by atoms with E-state index >= 15 is 0 Å². The highest BCUT2D eigenvalue weighted by Gasteiger charge is 2.25. The molecule has 2 fully saturated rings. The molecule has 3 unspecified atom stereocenters. The van der Waals surface area contributed by atoms with Gasteiger partial charge in [0.15, 0.2) is 0 Å². The van der Waals surface area contributed by atoms with Gasteiger partial charge < -0.3 is 10.2 Å². The largest absolute Gasteiger partial charge is 0.313 e. The molecule has 1 saturated carbocycles. The van der Waals surface area contributed by atoms with E-state index in [1.54, 1.807) is 0 Å². The zero-order chi connectivity index (χ0) is 12.8. The molecule has 0 aromatic carbocycles. The first kappa shape index (κ1) is 14.3. The summed E-state index contributed by atoms with van der Waals surface area (Å²) >= 11 is 0. The molecule has 3 atom stereocenters. The maximum absolute atomic E-state index is 3.85. The molecule has 18 heavy (non-hydrogen) atoms. The number of hydrogen-bond acceptors (Lipinski definition) is 2. The molecule has 2 rings (SSSR count). The minimum atomic E-state index is 0.807. The van der Waals surface area contributed by atoms with E-state index in [0.717, 1.165) is 17.9 Å². The number of nitrogens with one attached hydrogen (secondary N) is 1. The summed E-state index contributed by atoms with van der Waals surface area (Å²) < 4.78 is 0. The zero-order valence-electron chi connectivity index (χ0n) is 12.5. The van der Waals surface area contributed by atoms with Gasteiger partial charge in [0.05, 0.1) is 0 Å². The Hall–Kier alpha value is -0.0800. The van der Waals surface area contributed by atoms with E-state index < -0.39 is 0 Å². The van der Waals surface area contributed by atoms with Gasteiger partial charge in [-0.1, -0.05) is 33.1 Å². The number of piperidine rings is 1. The Balaban J connectivity index is 1.63. The molecule has 2 nitrogen and oxygen atoms in total. The summed E-state index contributed by atoms with van der Waals surface area (Å²) in [5.74, 6) is 1.76. The predicted octanol–water partition coefficient (Wildman–Crippen LogP) is 3.28. The number of hydrogen-bond donors (Lipinski definition) is 1. The molecule has 106 valence electrons. The third-order valence-electron chi connectivity index (χ3n) is 4.93. The molecule has 2 heteroatoms. The predicted molar refractivity (Wildman–Crippen MR) is 78.9 cm³/mol. The second-order valence-corrected chi connectivity index (χ2v) is 6.58. The van der Waals surface area contributed by atoms with Crippen molar-refractivity contribution in [2.24, 2.45) is 11.8 Å². The molecule has 0 amide bonds.